The summed E-state index contributed by atoms with van der Waals surface area (Å²) >= 11 is 5.81. The molecule has 2 atom stereocenters. The highest BCUT2D eigenvalue weighted by Crippen LogP contribution is 2.31. The molecule has 8 nitrogen and oxygen atoms in total. The van der Waals surface area contributed by atoms with Crippen LogP contribution in [-0.2, 0) is 14.3 Å². The van der Waals surface area contributed by atoms with Gasteiger partial charge in [0.2, 0.25) is 5.88 Å². The predicted octanol–water partition coefficient (Wildman–Crippen LogP) is 3.36. The number of anilines is 1. The fourth-order valence-corrected chi connectivity index (χ4v) is 4.19. The third-order valence-electron chi connectivity index (χ3n) is 5.49. The van der Waals surface area contributed by atoms with E-state index in [9.17, 15) is 9.59 Å². The SMILES string of the molecule is COC(=O)[C@H](CCSC)NC(=O)COc1nc(-c2cccc3ccccc23)ccc1NCC(N)CS. The minimum atomic E-state index is -0.737. The number of ether oxygens (including phenoxy) is 2. The second-order valence-corrected chi connectivity index (χ2v) is 9.46. The molecule has 0 aliphatic carbocycles. The number of thioether (sulfide) groups is 1. The summed E-state index contributed by atoms with van der Waals surface area (Å²) in [6.45, 7) is 0.145. The Kier molecular flexibility index (Phi) is 10.7. The van der Waals surface area contributed by atoms with Crippen LogP contribution in [0, 0.1) is 0 Å². The van der Waals surface area contributed by atoms with Crippen molar-refractivity contribution in [2.75, 3.05) is 43.3 Å². The van der Waals surface area contributed by atoms with Gasteiger partial charge < -0.3 is 25.8 Å². The third kappa shape index (κ3) is 7.52. The lowest BCUT2D eigenvalue weighted by Crippen LogP contribution is -2.44. The molecule has 0 spiro atoms. The molecule has 3 rings (SSSR count). The Balaban J connectivity index is 1.83. The van der Waals surface area contributed by atoms with Crippen LogP contribution < -0.4 is 21.1 Å². The third-order valence-corrected chi connectivity index (χ3v) is 6.60. The summed E-state index contributed by atoms with van der Waals surface area (Å²) < 4.78 is 10.7. The van der Waals surface area contributed by atoms with E-state index in [1.165, 1.54) is 7.11 Å². The quantitative estimate of drug-likeness (QED) is 0.197. The van der Waals surface area contributed by atoms with E-state index >= 15 is 0 Å². The summed E-state index contributed by atoms with van der Waals surface area (Å²) in [5, 5.41) is 8.08. The molecule has 0 fully saturated rings. The van der Waals surface area contributed by atoms with Crippen LogP contribution >= 0.6 is 24.4 Å². The average Bonchev–Trinajstić information content (AvgIpc) is 2.92. The number of nitrogens with one attached hydrogen (secondary N) is 2. The number of nitrogens with two attached hydrogens (primary N) is 1. The molecule has 36 heavy (non-hydrogen) atoms. The Hall–Kier alpha value is -2.95. The molecule has 1 unspecified atom stereocenters. The van der Waals surface area contributed by atoms with Gasteiger partial charge in [-0.3, -0.25) is 4.79 Å². The number of rotatable bonds is 13. The molecule has 1 amide bonds. The Labute approximate surface area is 221 Å². The van der Waals surface area contributed by atoms with Gasteiger partial charge in [0.1, 0.15) is 6.04 Å². The first-order valence-electron chi connectivity index (χ1n) is 11.5. The van der Waals surface area contributed by atoms with Crippen molar-refractivity contribution in [2.45, 2.75) is 18.5 Å². The number of methoxy groups -OCH3 is 1. The van der Waals surface area contributed by atoms with Crippen molar-refractivity contribution in [1.29, 1.82) is 0 Å². The lowest BCUT2D eigenvalue weighted by Gasteiger charge is -2.18. The monoisotopic (exact) mass is 528 g/mol. The minimum Gasteiger partial charge on any atom is -0.467 e. The number of amides is 1. The topological polar surface area (TPSA) is 116 Å². The number of nitrogens with zero attached hydrogens (tertiary/aromatic N) is 1. The molecule has 4 N–H and O–H groups in total. The van der Waals surface area contributed by atoms with Gasteiger partial charge in [0, 0.05) is 23.9 Å². The molecule has 3 aromatic rings. The van der Waals surface area contributed by atoms with Gasteiger partial charge in [-0.2, -0.15) is 24.4 Å². The standard InChI is InChI=1S/C26H32N4O4S2/c1-33-26(32)23(12-13-36-2)29-24(31)15-34-25-22(28-14-18(27)16-35)11-10-21(30-25)20-9-5-7-17-6-3-4-8-19(17)20/h3-11,18,23,28,35H,12-16,27H2,1-2H3,(H,29,31)/t18?,23-/m0/s1. The summed E-state index contributed by atoms with van der Waals surface area (Å²) in [5.74, 6) is 0.548. The van der Waals surface area contributed by atoms with Crippen molar-refractivity contribution in [1.82, 2.24) is 10.3 Å². The number of carbonyl (C=O) groups excluding carboxylic acids is 2. The zero-order valence-electron chi connectivity index (χ0n) is 20.4. The van der Waals surface area contributed by atoms with Crippen LogP contribution in [0.2, 0.25) is 0 Å². The van der Waals surface area contributed by atoms with E-state index in [2.05, 4.69) is 23.3 Å². The molecule has 192 valence electrons. The summed E-state index contributed by atoms with van der Waals surface area (Å²) in [4.78, 5) is 29.4. The highest BCUT2D eigenvalue weighted by atomic mass is 32.2. The van der Waals surface area contributed by atoms with Crippen LogP contribution in [0.4, 0.5) is 5.69 Å². The molecule has 0 bridgehead atoms. The smallest absolute Gasteiger partial charge is 0.328 e. The van der Waals surface area contributed by atoms with E-state index in [-0.39, 0.29) is 18.5 Å². The van der Waals surface area contributed by atoms with Gasteiger partial charge in [-0.1, -0.05) is 42.5 Å². The Morgan fingerprint density at radius 3 is 2.67 bits per heavy atom. The number of thiol groups is 1. The molecule has 2 aromatic carbocycles. The van der Waals surface area contributed by atoms with Gasteiger partial charge >= 0.3 is 5.97 Å². The highest BCUT2D eigenvalue weighted by molar-refractivity contribution is 7.98. The maximum absolute atomic E-state index is 12.6. The average molecular weight is 529 g/mol. The largest absolute Gasteiger partial charge is 0.467 e. The van der Waals surface area contributed by atoms with Crippen molar-refractivity contribution in [2.24, 2.45) is 5.73 Å². The maximum atomic E-state index is 12.6. The van der Waals surface area contributed by atoms with Gasteiger partial charge in [-0.15, -0.1) is 0 Å². The second-order valence-electron chi connectivity index (χ2n) is 8.11. The number of hydrogen-bond donors (Lipinski definition) is 4. The Morgan fingerprint density at radius 1 is 1.14 bits per heavy atom. The molecular formula is C26H32N4O4S2. The molecule has 1 aromatic heterocycles. The predicted molar refractivity (Wildman–Crippen MR) is 150 cm³/mol. The summed E-state index contributed by atoms with van der Waals surface area (Å²) in [6, 6.07) is 16.9. The van der Waals surface area contributed by atoms with Gasteiger partial charge in [-0.25, -0.2) is 9.78 Å². The number of esters is 1. The number of carbonyl (C=O) groups is 2. The first-order valence-corrected chi connectivity index (χ1v) is 13.6. The fourth-order valence-electron chi connectivity index (χ4n) is 3.59. The number of benzene rings is 2. The van der Waals surface area contributed by atoms with E-state index in [0.29, 0.717) is 35.9 Å². The molecular weight excluding hydrogens is 496 g/mol. The molecule has 0 saturated heterocycles. The lowest BCUT2D eigenvalue weighted by atomic mass is 10.0. The normalized spacial score (nSPS) is 12.6. The van der Waals surface area contributed by atoms with Crippen molar-refractivity contribution < 1.29 is 19.1 Å². The van der Waals surface area contributed by atoms with Crippen LogP contribution in [0.3, 0.4) is 0 Å². The van der Waals surface area contributed by atoms with Crippen LogP contribution in [-0.4, -0.2) is 67.0 Å². The van der Waals surface area contributed by atoms with E-state index in [1.54, 1.807) is 11.8 Å². The van der Waals surface area contributed by atoms with Crippen LogP contribution in [0.15, 0.2) is 54.6 Å². The summed E-state index contributed by atoms with van der Waals surface area (Å²) in [7, 11) is 1.30. The zero-order valence-corrected chi connectivity index (χ0v) is 22.1. The molecule has 0 saturated carbocycles. The number of aromatic nitrogens is 1. The first-order chi connectivity index (χ1) is 17.5. The number of pyridine rings is 1. The lowest BCUT2D eigenvalue weighted by molar-refractivity contribution is -0.145. The van der Waals surface area contributed by atoms with Crippen LogP contribution in [0.1, 0.15) is 6.42 Å². The highest BCUT2D eigenvalue weighted by Gasteiger charge is 2.22. The van der Waals surface area contributed by atoms with Crippen molar-refractivity contribution in [3.05, 3.63) is 54.6 Å². The summed E-state index contributed by atoms with van der Waals surface area (Å²) in [5.41, 5.74) is 8.27. The molecule has 0 aliphatic rings. The van der Waals surface area contributed by atoms with E-state index in [4.69, 9.17) is 20.2 Å². The van der Waals surface area contributed by atoms with Crippen LogP contribution in [0.5, 0.6) is 5.88 Å². The number of hydrogen-bond acceptors (Lipinski definition) is 9. The van der Waals surface area contributed by atoms with Gasteiger partial charge in [0.25, 0.3) is 5.91 Å². The van der Waals surface area contributed by atoms with Gasteiger partial charge in [0.05, 0.1) is 18.5 Å². The Morgan fingerprint density at radius 2 is 1.92 bits per heavy atom. The van der Waals surface area contributed by atoms with Crippen molar-refractivity contribution in [3.8, 4) is 17.1 Å². The van der Waals surface area contributed by atoms with Crippen molar-refractivity contribution >= 4 is 52.7 Å². The van der Waals surface area contributed by atoms with Crippen LogP contribution in [0.25, 0.3) is 22.0 Å². The molecule has 10 heteroatoms. The molecule has 0 aliphatic heterocycles. The fraction of sp³-hybridized carbons (Fsp3) is 0.346. The van der Waals surface area contributed by atoms with Crippen molar-refractivity contribution in [3.63, 3.8) is 0 Å². The first kappa shape index (κ1) is 27.6. The van der Waals surface area contributed by atoms with E-state index in [1.807, 2.05) is 60.9 Å². The van der Waals surface area contributed by atoms with E-state index in [0.717, 1.165) is 16.3 Å². The Bertz CT molecular complexity index is 1170. The van der Waals surface area contributed by atoms with Gasteiger partial charge in [0.15, 0.2) is 6.61 Å². The number of fused-ring (bicyclic) bond motifs is 1. The van der Waals surface area contributed by atoms with E-state index < -0.39 is 17.9 Å². The second kappa shape index (κ2) is 14.0. The molecule has 0 radical (unpaired) electrons. The maximum Gasteiger partial charge on any atom is 0.328 e. The molecule has 1 heterocycles. The summed E-state index contributed by atoms with van der Waals surface area (Å²) in [6.07, 6.45) is 2.39. The minimum absolute atomic E-state index is 0.167. The zero-order chi connectivity index (χ0) is 25.9. The van der Waals surface area contributed by atoms with Gasteiger partial charge in [-0.05, 0) is 41.3 Å².